The first kappa shape index (κ1) is 18.6. The van der Waals surface area contributed by atoms with Gasteiger partial charge in [0.25, 0.3) is 5.91 Å². The molecule has 30 heavy (non-hydrogen) atoms. The number of amides is 1. The summed E-state index contributed by atoms with van der Waals surface area (Å²) in [6.07, 6.45) is 3.09. The van der Waals surface area contributed by atoms with Crippen LogP contribution < -0.4 is 10.1 Å². The minimum absolute atomic E-state index is 0.0342. The molecule has 0 saturated carbocycles. The summed E-state index contributed by atoms with van der Waals surface area (Å²) in [6, 6.07) is 10.2. The van der Waals surface area contributed by atoms with Gasteiger partial charge in [0, 0.05) is 6.20 Å². The second-order valence-electron chi connectivity index (χ2n) is 6.08. The van der Waals surface area contributed by atoms with Gasteiger partial charge in [0.15, 0.2) is 10.8 Å². The van der Waals surface area contributed by atoms with Crippen LogP contribution in [-0.2, 0) is 0 Å². The quantitative estimate of drug-likeness (QED) is 0.417. The molecule has 1 aromatic carbocycles. The van der Waals surface area contributed by atoms with E-state index in [4.69, 9.17) is 0 Å². The third kappa shape index (κ3) is 3.37. The number of alkyl halides is 2. The molecular formula is C19H11F2N5O2S2. The summed E-state index contributed by atoms with van der Waals surface area (Å²) in [5.74, 6) is -0.379. The number of carbonyl (C=O) groups is 1. The number of thiazole rings is 1. The normalized spacial score (nSPS) is 11.4. The Bertz CT molecular complexity index is 1360. The molecular weight excluding hydrogens is 432 g/mol. The molecule has 5 aromatic rings. The van der Waals surface area contributed by atoms with Gasteiger partial charge in [-0.2, -0.15) is 13.9 Å². The predicted octanol–water partition coefficient (Wildman–Crippen LogP) is 4.92. The molecule has 0 aliphatic rings. The fourth-order valence-corrected chi connectivity index (χ4v) is 4.59. The average molecular weight is 443 g/mol. The summed E-state index contributed by atoms with van der Waals surface area (Å²) in [6.45, 7) is -2.91. The van der Waals surface area contributed by atoms with Gasteiger partial charge < -0.3 is 4.74 Å². The van der Waals surface area contributed by atoms with Crippen LogP contribution in [-0.4, -0.2) is 32.1 Å². The van der Waals surface area contributed by atoms with Crippen molar-refractivity contribution in [2.45, 2.75) is 6.61 Å². The van der Waals surface area contributed by atoms with Gasteiger partial charge in [0.2, 0.25) is 0 Å². The van der Waals surface area contributed by atoms with Gasteiger partial charge in [-0.1, -0.05) is 17.4 Å². The van der Waals surface area contributed by atoms with Gasteiger partial charge >= 0.3 is 6.61 Å². The summed E-state index contributed by atoms with van der Waals surface area (Å²) in [5.41, 5.74) is 2.12. The van der Waals surface area contributed by atoms with E-state index < -0.39 is 12.5 Å². The van der Waals surface area contributed by atoms with Crippen LogP contribution in [0.1, 0.15) is 10.4 Å². The van der Waals surface area contributed by atoms with Crippen molar-refractivity contribution >= 4 is 49.6 Å². The van der Waals surface area contributed by atoms with Gasteiger partial charge in [-0.25, -0.2) is 14.5 Å². The Morgan fingerprint density at radius 1 is 1.23 bits per heavy atom. The van der Waals surface area contributed by atoms with E-state index in [0.29, 0.717) is 26.6 Å². The molecule has 150 valence electrons. The third-order valence-electron chi connectivity index (χ3n) is 4.23. The highest BCUT2D eigenvalue weighted by Crippen LogP contribution is 2.30. The molecule has 0 unspecified atom stereocenters. The Balaban J connectivity index is 1.44. The molecule has 0 aliphatic carbocycles. The smallest absolute Gasteiger partial charge is 0.387 e. The molecule has 7 nitrogen and oxygen atoms in total. The Morgan fingerprint density at radius 2 is 2.13 bits per heavy atom. The lowest BCUT2D eigenvalue weighted by Crippen LogP contribution is -2.11. The second kappa shape index (κ2) is 7.43. The average Bonchev–Trinajstić information content (AvgIpc) is 3.45. The van der Waals surface area contributed by atoms with E-state index in [1.54, 1.807) is 28.1 Å². The predicted molar refractivity (Wildman–Crippen MR) is 111 cm³/mol. The topological polar surface area (TPSA) is 81.4 Å². The maximum Gasteiger partial charge on any atom is 0.387 e. The zero-order valence-corrected chi connectivity index (χ0v) is 16.6. The van der Waals surface area contributed by atoms with Crippen LogP contribution in [0, 0.1) is 0 Å². The first-order valence-electron chi connectivity index (χ1n) is 8.62. The van der Waals surface area contributed by atoms with Crippen molar-refractivity contribution in [2.24, 2.45) is 0 Å². The van der Waals surface area contributed by atoms with E-state index >= 15 is 0 Å². The molecule has 0 spiro atoms. The number of nitrogens with zero attached hydrogens (tertiary/aromatic N) is 4. The minimum atomic E-state index is -2.91. The van der Waals surface area contributed by atoms with Gasteiger partial charge in [-0.05, 0) is 35.7 Å². The number of aromatic nitrogens is 4. The van der Waals surface area contributed by atoms with Crippen LogP contribution in [0.15, 0.2) is 54.2 Å². The summed E-state index contributed by atoms with van der Waals surface area (Å²) in [7, 11) is 0. The monoisotopic (exact) mass is 443 g/mol. The van der Waals surface area contributed by atoms with Crippen LogP contribution in [0.5, 0.6) is 5.75 Å². The van der Waals surface area contributed by atoms with Crippen molar-refractivity contribution in [3.05, 3.63) is 59.7 Å². The first-order chi connectivity index (χ1) is 14.6. The lowest BCUT2D eigenvalue weighted by atomic mass is 10.3. The number of hydrogen-bond acceptors (Lipinski definition) is 7. The standard InChI is InChI=1S/C19H11F2N5O2S2/c20-18(21)28-10-3-4-12-15(8-10)30-19(24-12)25-17(27)11-9-23-26-13(5-6-22-16(11)26)14-2-1-7-29-14/h1-9,18H,(H,24,25,27). The molecule has 0 aliphatic heterocycles. The molecule has 4 aromatic heterocycles. The Morgan fingerprint density at radius 3 is 2.93 bits per heavy atom. The summed E-state index contributed by atoms with van der Waals surface area (Å²) < 4.78 is 31.4. The zero-order valence-electron chi connectivity index (χ0n) is 15.0. The minimum Gasteiger partial charge on any atom is -0.435 e. The van der Waals surface area contributed by atoms with E-state index in [1.807, 2.05) is 23.6 Å². The van der Waals surface area contributed by atoms with Crippen molar-refractivity contribution in [1.29, 1.82) is 0 Å². The lowest BCUT2D eigenvalue weighted by molar-refractivity contribution is -0.0497. The SMILES string of the molecule is O=C(Nc1nc2ccc(OC(F)F)cc2s1)c1cnn2c(-c3cccs3)ccnc12. The number of thiophene rings is 1. The van der Waals surface area contributed by atoms with E-state index in [-0.39, 0.29) is 5.75 Å². The molecule has 0 atom stereocenters. The molecule has 4 heterocycles. The Kier molecular flexibility index (Phi) is 4.60. The number of rotatable bonds is 5. The van der Waals surface area contributed by atoms with Crippen LogP contribution in [0.4, 0.5) is 13.9 Å². The van der Waals surface area contributed by atoms with E-state index in [2.05, 4.69) is 25.1 Å². The van der Waals surface area contributed by atoms with E-state index in [1.165, 1.54) is 18.3 Å². The second-order valence-corrected chi connectivity index (χ2v) is 8.06. The molecule has 0 saturated heterocycles. The summed E-state index contributed by atoms with van der Waals surface area (Å²) >= 11 is 2.72. The van der Waals surface area contributed by atoms with Crippen molar-refractivity contribution in [3.8, 4) is 16.3 Å². The maximum absolute atomic E-state index is 12.8. The highest BCUT2D eigenvalue weighted by Gasteiger charge is 2.18. The summed E-state index contributed by atoms with van der Waals surface area (Å²) in [5, 5.41) is 9.34. The number of hydrogen-bond donors (Lipinski definition) is 1. The van der Waals surface area contributed by atoms with Gasteiger partial charge in [-0.3, -0.25) is 10.1 Å². The molecule has 11 heteroatoms. The Hall–Kier alpha value is -3.44. The maximum atomic E-state index is 12.8. The van der Waals surface area contributed by atoms with Crippen LogP contribution in [0.25, 0.3) is 26.4 Å². The van der Waals surface area contributed by atoms with Crippen LogP contribution >= 0.6 is 22.7 Å². The van der Waals surface area contributed by atoms with E-state index in [0.717, 1.165) is 21.9 Å². The molecule has 0 radical (unpaired) electrons. The Labute approximate surface area is 175 Å². The number of nitrogens with one attached hydrogen (secondary N) is 1. The number of anilines is 1. The largest absolute Gasteiger partial charge is 0.435 e. The van der Waals surface area contributed by atoms with Crippen molar-refractivity contribution in [1.82, 2.24) is 19.6 Å². The van der Waals surface area contributed by atoms with E-state index in [9.17, 15) is 13.6 Å². The first-order valence-corrected chi connectivity index (χ1v) is 10.3. The van der Waals surface area contributed by atoms with Crippen molar-refractivity contribution < 1.29 is 18.3 Å². The molecule has 0 fully saturated rings. The fourth-order valence-electron chi connectivity index (χ4n) is 2.96. The van der Waals surface area contributed by atoms with Crippen molar-refractivity contribution in [3.63, 3.8) is 0 Å². The van der Waals surface area contributed by atoms with Crippen LogP contribution in [0.2, 0.25) is 0 Å². The highest BCUT2D eigenvalue weighted by molar-refractivity contribution is 7.22. The molecule has 1 amide bonds. The zero-order chi connectivity index (χ0) is 20.7. The number of fused-ring (bicyclic) bond motifs is 2. The lowest BCUT2D eigenvalue weighted by Gasteiger charge is -2.02. The number of ether oxygens (including phenoxy) is 1. The molecule has 5 rings (SSSR count). The van der Waals surface area contributed by atoms with Gasteiger partial charge in [-0.15, -0.1) is 11.3 Å². The molecule has 0 bridgehead atoms. The van der Waals surface area contributed by atoms with Crippen molar-refractivity contribution in [2.75, 3.05) is 5.32 Å². The highest BCUT2D eigenvalue weighted by atomic mass is 32.1. The summed E-state index contributed by atoms with van der Waals surface area (Å²) in [4.78, 5) is 22.4. The van der Waals surface area contributed by atoms with Gasteiger partial charge in [0.05, 0.1) is 27.0 Å². The third-order valence-corrected chi connectivity index (χ3v) is 6.05. The molecule has 1 N–H and O–H groups in total. The number of benzene rings is 1. The van der Waals surface area contributed by atoms with Gasteiger partial charge in [0.1, 0.15) is 11.3 Å². The number of halogens is 2. The van der Waals surface area contributed by atoms with Crippen LogP contribution in [0.3, 0.4) is 0 Å². The number of carbonyl (C=O) groups excluding carboxylic acids is 1. The fraction of sp³-hybridized carbons (Fsp3) is 0.0526.